The largest absolute Gasteiger partial charge is 0.456 e. The number of rotatable bonds is 4. The van der Waals surface area contributed by atoms with Gasteiger partial charge in [-0.3, -0.25) is 0 Å². The minimum absolute atomic E-state index is 0.212. The molecule has 0 aliphatic heterocycles. The van der Waals surface area contributed by atoms with Gasteiger partial charge in [-0.25, -0.2) is 14.2 Å². The van der Waals surface area contributed by atoms with Crippen LogP contribution in [-0.2, 0) is 6.18 Å². The monoisotopic (exact) mass is 406 g/mol. The van der Waals surface area contributed by atoms with E-state index in [0.717, 1.165) is 6.07 Å². The SMILES string of the molecule is Nc1ccc(Oc2cccc(NC(=O)Nc3ccc(F)c(C(F)(F)F)c3)c2)cn1. The van der Waals surface area contributed by atoms with Crippen LogP contribution in [0, 0.1) is 5.82 Å². The summed E-state index contributed by atoms with van der Waals surface area (Å²) in [4.78, 5) is 16.0. The van der Waals surface area contributed by atoms with Gasteiger partial charge in [0.05, 0.1) is 11.8 Å². The van der Waals surface area contributed by atoms with Crippen LogP contribution in [-0.4, -0.2) is 11.0 Å². The van der Waals surface area contributed by atoms with Crippen LogP contribution in [0.15, 0.2) is 60.8 Å². The fraction of sp³-hybridized carbons (Fsp3) is 0.0526. The smallest absolute Gasteiger partial charge is 0.419 e. The number of halogens is 4. The van der Waals surface area contributed by atoms with Crippen LogP contribution in [0.25, 0.3) is 0 Å². The first-order chi connectivity index (χ1) is 13.7. The zero-order valence-electron chi connectivity index (χ0n) is 14.6. The molecular weight excluding hydrogens is 392 g/mol. The molecule has 0 unspecified atom stereocenters. The predicted octanol–water partition coefficient (Wildman–Crippen LogP) is 5.26. The Bertz CT molecular complexity index is 1020. The summed E-state index contributed by atoms with van der Waals surface area (Å²) in [6.45, 7) is 0. The number of carbonyl (C=O) groups excluding carboxylic acids is 1. The third kappa shape index (κ3) is 5.34. The van der Waals surface area contributed by atoms with E-state index in [0.29, 0.717) is 35.1 Å². The number of hydrogen-bond acceptors (Lipinski definition) is 4. The highest BCUT2D eigenvalue weighted by Crippen LogP contribution is 2.33. The van der Waals surface area contributed by atoms with Crippen molar-refractivity contribution in [2.24, 2.45) is 0 Å². The van der Waals surface area contributed by atoms with Crippen LogP contribution < -0.4 is 21.1 Å². The Morgan fingerprint density at radius 3 is 2.34 bits per heavy atom. The van der Waals surface area contributed by atoms with Gasteiger partial charge >= 0.3 is 12.2 Å². The first-order valence-electron chi connectivity index (χ1n) is 8.15. The highest BCUT2D eigenvalue weighted by Gasteiger charge is 2.34. The Balaban J connectivity index is 1.67. The Kier molecular flexibility index (Phi) is 5.53. The fourth-order valence-corrected chi connectivity index (χ4v) is 2.34. The lowest BCUT2D eigenvalue weighted by Gasteiger charge is -2.12. The maximum atomic E-state index is 13.3. The number of pyridine rings is 1. The quantitative estimate of drug-likeness (QED) is 0.516. The second-order valence-electron chi connectivity index (χ2n) is 5.82. The van der Waals surface area contributed by atoms with Crippen molar-refractivity contribution in [2.45, 2.75) is 6.18 Å². The van der Waals surface area contributed by atoms with Gasteiger partial charge in [-0.15, -0.1) is 0 Å². The highest BCUT2D eigenvalue weighted by atomic mass is 19.4. The molecule has 2 amide bonds. The van der Waals surface area contributed by atoms with E-state index in [1.54, 1.807) is 30.3 Å². The molecule has 29 heavy (non-hydrogen) atoms. The number of nitrogen functional groups attached to an aromatic ring is 1. The summed E-state index contributed by atoms with van der Waals surface area (Å²) in [6.07, 6.45) is -3.45. The van der Waals surface area contributed by atoms with Crippen molar-refractivity contribution in [1.29, 1.82) is 0 Å². The first-order valence-corrected chi connectivity index (χ1v) is 8.15. The number of hydrogen-bond donors (Lipinski definition) is 3. The summed E-state index contributed by atoms with van der Waals surface area (Å²) in [7, 11) is 0. The third-order valence-electron chi connectivity index (χ3n) is 3.62. The minimum atomic E-state index is -4.87. The molecule has 1 heterocycles. The lowest BCUT2D eigenvalue weighted by molar-refractivity contribution is -0.139. The van der Waals surface area contributed by atoms with Crippen LogP contribution in [0.4, 0.5) is 39.5 Å². The molecule has 4 N–H and O–H groups in total. The molecule has 0 bridgehead atoms. The van der Waals surface area contributed by atoms with Crippen molar-refractivity contribution in [3.8, 4) is 11.5 Å². The van der Waals surface area contributed by atoms with E-state index in [-0.39, 0.29) is 5.69 Å². The molecule has 0 aliphatic carbocycles. The van der Waals surface area contributed by atoms with Gasteiger partial charge in [0.15, 0.2) is 0 Å². The average Bonchev–Trinajstić information content (AvgIpc) is 2.64. The summed E-state index contributed by atoms with van der Waals surface area (Å²) >= 11 is 0. The van der Waals surface area contributed by atoms with E-state index in [1.165, 1.54) is 12.3 Å². The number of amides is 2. The van der Waals surface area contributed by atoms with Crippen LogP contribution >= 0.6 is 0 Å². The summed E-state index contributed by atoms with van der Waals surface area (Å²) in [6, 6.07) is 10.8. The number of benzene rings is 2. The maximum Gasteiger partial charge on any atom is 0.419 e. The molecule has 0 fully saturated rings. The molecule has 10 heteroatoms. The number of aromatic nitrogens is 1. The van der Waals surface area contributed by atoms with Crippen LogP contribution in [0.2, 0.25) is 0 Å². The maximum absolute atomic E-state index is 13.3. The van der Waals surface area contributed by atoms with E-state index >= 15 is 0 Å². The second kappa shape index (κ2) is 8.05. The lowest BCUT2D eigenvalue weighted by atomic mass is 10.2. The fourth-order valence-electron chi connectivity index (χ4n) is 2.34. The summed E-state index contributed by atoms with van der Waals surface area (Å²) < 4.78 is 57.2. The van der Waals surface area contributed by atoms with Gasteiger partial charge in [-0.05, 0) is 42.5 Å². The Morgan fingerprint density at radius 2 is 1.69 bits per heavy atom. The molecule has 6 nitrogen and oxygen atoms in total. The molecule has 0 saturated carbocycles. The van der Waals surface area contributed by atoms with Crippen LogP contribution in [0.1, 0.15) is 5.56 Å². The number of carbonyl (C=O) groups is 1. The first kappa shape index (κ1) is 19.9. The van der Waals surface area contributed by atoms with E-state index in [4.69, 9.17) is 10.5 Å². The second-order valence-corrected chi connectivity index (χ2v) is 5.82. The standard InChI is InChI=1S/C19H14F4N4O2/c20-16-6-4-12(9-15(16)19(21,22)23)27-18(28)26-11-2-1-3-13(8-11)29-14-5-7-17(24)25-10-14/h1-10H,(H2,24,25)(H2,26,27,28). The lowest BCUT2D eigenvalue weighted by Crippen LogP contribution is -2.20. The Hall–Kier alpha value is -3.82. The van der Waals surface area contributed by atoms with E-state index in [2.05, 4.69) is 15.6 Å². The number of nitrogens with zero attached hydrogens (tertiary/aromatic N) is 1. The predicted molar refractivity (Wildman–Crippen MR) is 99.2 cm³/mol. The molecule has 0 spiro atoms. The Labute approximate surface area is 162 Å². The average molecular weight is 406 g/mol. The van der Waals surface area contributed by atoms with Gasteiger partial charge in [-0.2, -0.15) is 13.2 Å². The van der Waals surface area contributed by atoms with Gasteiger partial charge in [0, 0.05) is 17.4 Å². The third-order valence-corrected chi connectivity index (χ3v) is 3.62. The zero-order valence-corrected chi connectivity index (χ0v) is 14.6. The molecule has 1 aromatic heterocycles. The zero-order chi connectivity index (χ0) is 21.0. The minimum Gasteiger partial charge on any atom is -0.456 e. The van der Waals surface area contributed by atoms with Gasteiger partial charge in [0.25, 0.3) is 0 Å². The molecule has 0 saturated heterocycles. The Morgan fingerprint density at radius 1 is 0.966 bits per heavy atom. The van der Waals surface area contributed by atoms with Crippen molar-refractivity contribution in [3.05, 3.63) is 72.2 Å². The summed E-state index contributed by atoms with van der Waals surface area (Å²) in [5.74, 6) is -0.285. The van der Waals surface area contributed by atoms with Crippen molar-refractivity contribution in [2.75, 3.05) is 16.4 Å². The van der Waals surface area contributed by atoms with Crippen LogP contribution in [0.3, 0.4) is 0 Å². The number of nitrogens with one attached hydrogen (secondary N) is 2. The number of nitrogens with two attached hydrogens (primary N) is 1. The summed E-state index contributed by atoms with van der Waals surface area (Å²) in [5.41, 5.74) is 4.14. The van der Waals surface area contributed by atoms with Gasteiger partial charge < -0.3 is 21.1 Å². The van der Waals surface area contributed by atoms with Gasteiger partial charge in [-0.1, -0.05) is 6.07 Å². The van der Waals surface area contributed by atoms with Gasteiger partial charge in [0.1, 0.15) is 23.1 Å². The van der Waals surface area contributed by atoms with Gasteiger partial charge in [0.2, 0.25) is 0 Å². The highest BCUT2D eigenvalue weighted by molar-refractivity contribution is 5.99. The molecule has 0 radical (unpaired) electrons. The molecule has 3 aromatic rings. The number of ether oxygens (including phenoxy) is 1. The normalized spacial score (nSPS) is 11.0. The van der Waals surface area contributed by atoms with Crippen molar-refractivity contribution in [3.63, 3.8) is 0 Å². The van der Waals surface area contributed by atoms with Crippen LogP contribution in [0.5, 0.6) is 11.5 Å². The van der Waals surface area contributed by atoms with E-state index in [9.17, 15) is 22.4 Å². The molecule has 3 rings (SSSR count). The van der Waals surface area contributed by atoms with E-state index < -0.39 is 23.6 Å². The molecule has 0 atom stereocenters. The number of urea groups is 1. The molecule has 150 valence electrons. The van der Waals surface area contributed by atoms with Crippen molar-refractivity contribution >= 4 is 23.2 Å². The van der Waals surface area contributed by atoms with Crippen molar-refractivity contribution < 1.29 is 27.1 Å². The number of anilines is 3. The molecular formula is C19H14F4N4O2. The topological polar surface area (TPSA) is 89.3 Å². The van der Waals surface area contributed by atoms with Crippen molar-refractivity contribution in [1.82, 2.24) is 4.98 Å². The molecule has 2 aromatic carbocycles. The molecule has 0 aliphatic rings. The number of alkyl halides is 3. The van der Waals surface area contributed by atoms with E-state index in [1.807, 2.05) is 0 Å². The summed E-state index contributed by atoms with van der Waals surface area (Å²) in [5, 5.41) is 4.68.